The van der Waals surface area contributed by atoms with Crippen molar-refractivity contribution in [2.24, 2.45) is 0 Å². The van der Waals surface area contributed by atoms with Crippen LogP contribution in [0.3, 0.4) is 0 Å². The van der Waals surface area contributed by atoms with Crippen LogP contribution in [0.1, 0.15) is 45.8 Å². The van der Waals surface area contributed by atoms with Crippen molar-refractivity contribution in [1.29, 1.82) is 0 Å². The fourth-order valence-corrected chi connectivity index (χ4v) is 5.24. The first-order valence-corrected chi connectivity index (χ1v) is 10.3. The lowest BCUT2D eigenvalue weighted by Gasteiger charge is -2.44. The smallest absolute Gasteiger partial charge is 0.261 e. The minimum atomic E-state index is -0.217. The first-order chi connectivity index (χ1) is 12.7. The summed E-state index contributed by atoms with van der Waals surface area (Å²) in [6, 6.07) is 6.64. The van der Waals surface area contributed by atoms with Gasteiger partial charge in [0, 0.05) is 48.5 Å². The average Bonchev–Trinajstić information content (AvgIpc) is 3.37. The van der Waals surface area contributed by atoms with Gasteiger partial charge in [0.2, 0.25) is 0 Å². The van der Waals surface area contributed by atoms with Crippen molar-refractivity contribution in [3.05, 3.63) is 45.9 Å². The van der Waals surface area contributed by atoms with Crippen LogP contribution in [0.5, 0.6) is 0 Å². The number of fused-ring (bicyclic) bond motifs is 2. The van der Waals surface area contributed by atoms with Crippen LogP contribution in [0.4, 0.5) is 5.69 Å². The van der Waals surface area contributed by atoms with Gasteiger partial charge in [-0.3, -0.25) is 9.78 Å². The molecule has 0 radical (unpaired) electrons. The molecule has 4 heterocycles. The van der Waals surface area contributed by atoms with E-state index in [1.165, 1.54) is 16.1 Å². The molecule has 2 aliphatic heterocycles. The topological polar surface area (TPSA) is 54.5 Å². The Morgan fingerprint density at radius 3 is 2.77 bits per heavy atom. The maximum absolute atomic E-state index is 12.5. The van der Waals surface area contributed by atoms with E-state index in [9.17, 15) is 4.79 Å². The average molecular weight is 369 g/mol. The van der Waals surface area contributed by atoms with Gasteiger partial charge in [0.25, 0.3) is 5.91 Å². The Kier molecular flexibility index (Phi) is 3.98. The number of pyridine rings is 1. The lowest BCUT2D eigenvalue weighted by atomic mass is 9.82. The van der Waals surface area contributed by atoms with Gasteiger partial charge >= 0.3 is 0 Å². The Labute approximate surface area is 157 Å². The van der Waals surface area contributed by atoms with Crippen molar-refractivity contribution in [2.75, 3.05) is 24.6 Å². The van der Waals surface area contributed by atoms with Gasteiger partial charge in [-0.15, -0.1) is 11.3 Å². The first-order valence-electron chi connectivity index (χ1n) is 9.46. The van der Waals surface area contributed by atoms with Crippen molar-refractivity contribution >= 4 is 22.9 Å². The molecule has 1 saturated carbocycles. The molecule has 0 bridgehead atoms. The van der Waals surface area contributed by atoms with E-state index in [1.807, 2.05) is 12.4 Å². The molecule has 1 aliphatic carbocycles. The molecule has 1 spiro atoms. The molecular formula is C20H23N3O2S. The third-order valence-electron chi connectivity index (χ3n) is 5.74. The van der Waals surface area contributed by atoms with E-state index in [4.69, 9.17) is 4.74 Å². The van der Waals surface area contributed by atoms with E-state index in [2.05, 4.69) is 33.4 Å². The number of hydrogen-bond donors (Lipinski definition) is 1. The molecule has 5 nitrogen and oxygen atoms in total. The number of aromatic nitrogens is 1. The highest BCUT2D eigenvalue weighted by Gasteiger charge is 2.42. The third-order valence-corrected chi connectivity index (χ3v) is 6.94. The van der Waals surface area contributed by atoms with Gasteiger partial charge in [-0.25, -0.2) is 0 Å². The Bertz CT molecular complexity index is 808. The molecule has 6 heteroatoms. The number of thiophene rings is 1. The molecule has 1 amide bonds. The predicted molar refractivity (Wildman–Crippen MR) is 102 cm³/mol. The Morgan fingerprint density at radius 1 is 1.27 bits per heavy atom. The van der Waals surface area contributed by atoms with E-state index in [0.717, 1.165) is 56.7 Å². The molecule has 3 aliphatic rings. The van der Waals surface area contributed by atoms with Crippen LogP contribution in [0, 0.1) is 0 Å². The van der Waals surface area contributed by atoms with Crippen LogP contribution in [0.2, 0.25) is 0 Å². The summed E-state index contributed by atoms with van der Waals surface area (Å²) in [5.74, 6) is 0.0938. The van der Waals surface area contributed by atoms with Crippen LogP contribution in [-0.2, 0) is 16.8 Å². The van der Waals surface area contributed by atoms with Gasteiger partial charge in [-0.2, -0.15) is 0 Å². The maximum atomic E-state index is 12.5. The lowest BCUT2D eigenvalue weighted by molar-refractivity contribution is -0.0756. The van der Waals surface area contributed by atoms with Gasteiger partial charge in [0.1, 0.15) is 0 Å². The van der Waals surface area contributed by atoms with E-state index in [0.29, 0.717) is 6.04 Å². The summed E-state index contributed by atoms with van der Waals surface area (Å²) in [6.45, 7) is 2.68. The summed E-state index contributed by atoms with van der Waals surface area (Å²) in [5, 5.41) is 3.12. The number of nitrogens with zero attached hydrogens (tertiary/aromatic N) is 2. The number of nitrogens with one attached hydrogen (secondary N) is 1. The van der Waals surface area contributed by atoms with E-state index < -0.39 is 0 Å². The fraction of sp³-hybridized carbons (Fsp3) is 0.500. The third kappa shape index (κ3) is 2.91. The second-order valence-electron chi connectivity index (χ2n) is 7.48. The quantitative estimate of drug-likeness (QED) is 0.903. The second kappa shape index (κ2) is 6.35. The summed E-state index contributed by atoms with van der Waals surface area (Å²) >= 11 is 1.66. The molecule has 0 aromatic carbocycles. The molecule has 1 N–H and O–H groups in total. The monoisotopic (exact) mass is 369 g/mol. The lowest BCUT2D eigenvalue weighted by Crippen LogP contribution is -2.46. The normalized spacial score (nSPS) is 21.5. The Balaban J connectivity index is 1.36. The summed E-state index contributed by atoms with van der Waals surface area (Å²) in [6.07, 6.45) is 8.78. The van der Waals surface area contributed by atoms with Gasteiger partial charge in [0.15, 0.2) is 0 Å². The van der Waals surface area contributed by atoms with Gasteiger partial charge in [-0.05, 0) is 49.4 Å². The molecule has 2 aromatic rings. The van der Waals surface area contributed by atoms with Gasteiger partial charge < -0.3 is 15.0 Å². The van der Waals surface area contributed by atoms with Gasteiger partial charge in [-0.1, -0.05) is 0 Å². The van der Waals surface area contributed by atoms with Crippen LogP contribution >= 0.6 is 11.3 Å². The van der Waals surface area contributed by atoms with Crippen LogP contribution < -0.4 is 10.2 Å². The standard InChI is InChI=1S/C20H23N3O2S/c24-19(22-14-1-2-14)18-13-16-17(26-18)5-12-25-20(16)6-10-23(11-7-20)15-3-8-21-9-4-15/h3-4,8-9,13-14H,1-2,5-7,10-12H2,(H,22,24). The first kappa shape index (κ1) is 16.3. The van der Waals surface area contributed by atoms with Crippen molar-refractivity contribution < 1.29 is 9.53 Å². The number of piperidine rings is 1. The molecule has 2 fully saturated rings. The minimum Gasteiger partial charge on any atom is -0.371 e. The highest BCUT2D eigenvalue weighted by Crippen LogP contribution is 2.45. The molecule has 136 valence electrons. The summed E-state index contributed by atoms with van der Waals surface area (Å²) < 4.78 is 6.34. The zero-order valence-electron chi connectivity index (χ0n) is 14.7. The molecule has 0 atom stereocenters. The SMILES string of the molecule is O=C(NC1CC1)c1cc2c(s1)CCOC21CCN(c2ccncc2)CC1. The van der Waals surface area contributed by atoms with Crippen LogP contribution in [-0.4, -0.2) is 36.6 Å². The Morgan fingerprint density at radius 2 is 2.04 bits per heavy atom. The van der Waals surface area contributed by atoms with Gasteiger partial charge in [0.05, 0.1) is 17.1 Å². The highest BCUT2D eigenvalue weighted by atomic mass is 32.1. The molecule has 5 rings (SSSR count). The molecule has 0 unspecified atom stereocenters. The second-order valence-corrected chi connectivity index (χ2v) is 8.62. The number of amides is 1. The van der Waals surface area contributed by atoms with E-state index >= 15 is 0 Å². The number of carbonyl (C=O) groups excluding carboxylic acids is 1. The van der Waals surface area contributed by atoms with Crippen LogP contribution in [0.25, 0.3) is 0 Å². The number of carbonyl (C=O) groups is 1. The summed E-state index contributed by atoms with van der Waals surface area (Å²) in [4.78, 5) is 21.2. The predicted octanol–water partition coefficient (Wildman–Crippen LogP) is 3.10. The minimum absolute atomic E-state index is 0.0938. The van der Waals surface area contributed by atoms with Crippen molar-refractivity contribution in [1.82, 2.24) is 10.3 Å². The zero-order valence-corrected chi connectivity index (χ0v) is 15.6. The highest BCUT2D eigenvalue weighted by molar-refractivity contribution is 7.14. The number of ether oxygens (including phenoxy) is 1. The molecular weight excluding hydrogens is 346 g/mol. The molecule has 2 aromatic heterocycles. The summed E-state index contributed by atoms with van der Waals surface area (Å²) in [5.41, 5.74) is 2.27. The van der Waals surface area contributed by atoms with Crippen molar-refractivity contribution in [3.63, 3.8) is 0 Å². The number of anilines is 1. The maximum Gasteiger partial charge on any atom is 0.261 e. The van der Waals surface area contributed by atoms with Crippen molar-refractivity contribution in [3.8, 4) is 0 Å². The number of hydrogen-bond acceptors (Lipinski definition) is 5. The summed E-state index contributed by atoms with van der Waals surface area (Å²) in [7, 11) is 0. The number of rotatable bonds is 3. The van der Waals surface area contributed by atoms with E-state index in [-0.39, 0.29) is 11.5 Å². The molecule has 26 heavy (non-hydrogen) atoms. The van der Waals surface area contributed by atoms with Crippen molar-refractivity contribution in [2.45, 2.75) is 43.7 Å². The van der Waals surface area contributed by atoms with Crippen LogP contribution in [0.15, 0.2) is 30.6 Å². The largest absolute Gasteiger partial charge is 0.371 e. The van der Waals surface area contributed by atoms with E-state index in [1.54, 1.807) is 11.3 Å². The molecule has 1 saturated heterocycles. The zero-order chi connectivity index (χ0) is 17.6. The Hall–Kier alpha value is -1.92. The fourth-order valence-electron chi connectivity index (χ4n) is 4.11.